The van der Waals surface area contributed by atoms with Gasteiger partial charge in [0.1, 0.15) is 11.7 Å². The van der Waals surface area contributed by atoms with Gasteiger partial charge in [-0.15, -0.1) is 0 Å². The lowest BCUT2D eigenvalue weighted by Gasteiger charge is -2.56. The molecule has 2 aromatic carbocycles. The van der Waals surface area contributed by atoms with Gasteiger partial charge < -0.3 is 13.9 Å². The van der Waals surface area contributed by atoms with Crippen molar-refractivity contribution >= 4 is 8.32 Å². The van der Waals surface area contributed by atoms with Gasteiger partial charge in [0, 0.05) is 0 Å². The zero-order valence-electron chi connectivity index (χ0n) is 17.1. The number of hydrogen-bond acceptors (Lipinski definition) is 3. The van der Waals surface area contributed by atoms with Crippen LogP contribution in [0, 0.1) is 5.92 Å². The van der Waals surface area contributed by atoms with Crippen LogP contribution in [-0.4, -0.2) is 26.6 Å². The summed E-state index contributed by atoms with van der Waals surface area (Å²) in [5, 5.41) is 0. The first kappa shape index (κ1) is 20.3. The third-order valence-corrected chi connectivity index (χ3v) is 5.87. The van der Waals surface area contributed by atoms with E-state index in [4.69, 9.17) is 13.9 Å². The van der Waals surface area contributed by atoms with E-state index in [1.165, 1.54) is 5.56 Å². The summed E-state index contributed by atoms with van der Waals surface area (Å²) in [5.41, 5.74) is 1.91. The molecule has 0 amide bonds. The van der Waals surface area contributed by atoms with Gasteiger partial charge in [0.15, 0.2) is 8.32 Å². The zero-order valence-corrected chi connectivity index (χ0v) is 18.1. The van der Waals surface area contributed by atoms with E-state index in [-0.39, 0.29) is 12.2 Å². The lowest BCUT2D eigenvalue weighted by atomic mass is 9.78. The summed E-state index contributed by atoms with van der Waals surface area (Å²) >= 11 is 0. The SMILES string of the molecule is CC(C)[C@H](OCc1ccccc1)[C@]1(O[Si](C)(C)C)CO[C@H]1c1ccccc1. The Hall–Kier alpha value is -1.46. The molecule has 1 heterocycles. The number of benzene rings is 2. The molecule has 4 heteroatoms. The minimum absolute atomic E-state index is 0.0385. The molecular formula is C23H32O3Si. The smallest absolute Gasteiger partial charge is 0.184 e. The summed E-state index contributed by atoms with van der Waals surface area (Å²) in [7, 11) is -1.81. The van der Waals surface area contributed by atoms with Crippen LogP contribution in [0.3, 0.4) is 0 Å². The average molecular weight is 385 g/mol. The number of hydrogen-bond donors (Lipinski definition) is 0. The van der Waals surface area contributed by atoms with Crippen molar-refractivity contribution in [3.05, 3.63) is 71.8 Å². The van der Waals surface area contributed by atoms with Gasteiger partial charge in [0.2, 0.25) is 0 Å². The van der Waals surface area contributed by atoms with Gasteiger partial charge in [-0.05, 0) is 36.7 Å². The van der Waals surface area contributed by atoms with Gasteiger partial charge >= 0.3 is 0 Å². The van der Waals surface area contributed by atoms with E-state index in [9.17, 15) is 0 Å². The molecule has 1 fully saturated rings. The minimum atomic E-state index is -1.81. The number of rotatable bonds is 8. The second kappa shape index (κ2) is 8.27. The largest absolute Gasteiger partial charge is 0.404 e. The van der Waals surface area contributed by atoms with Crippen LogP contribution in [0.15, 0.2) is 60.7 Å². The lowest BCUT2D eigenvalue weighted by molar-refractivity contribution is -0.288. The molecule has 0 spiro atoms. The molecule has 3 atom stereocenters. The van der Waals surface area contributed by atoms with Crippen molar-refractivity contribution < 1.29 is 13.9 Å². The van der Waals surface area contributed by atoms with Gasteiger partial charge in [-0.3, -0.25) is 0 Å². The van der Waals surface area contributed by atoms with Crippen molar-refractivity contribution in [1.29, 1.82) is 0 Å². The van der Waals surface area contributed by atoms with Crippen molar-refractivity contribution in [2.75, 3.05) is 6.61 Å². The Kier molecular flexibility index (Phi) is 6.21. The quantitative estimate of drug-likeness (QED) is 0.555. The molecule has 0 aromatic heterocycles. The predicted molar refractivity (Wildman–Crippen MR) is 112 cm³/mol. The Morgan fingerprint density at radius 2 is 1.59 bits per heavy atom. The maximum absolute atomic E-state index is 6.83. The van der Waals surface area contributed by atoms with E-state index < -0.39 is 13.9 Å². The van der Waals surface area contributed by atoms with Crippen molar-refractivity contribution in [3.8, 4) is 0 Å². The van der Waals surface area contributed by atoms with Crippen molar-refractivity contribution in [2.45, 2.75) is 57.9 Å². The molecule has 1 aliphatic heterocycles. The normalized spacial score (nSPS) is 23.9. The monoisotopic (exact) mass is 384 g/mol. The molecular weight excluding hydrogens is 352 g/mol. The summed E-state index contributed by atoms with van der Waals surface area (Å²) in [4.78, 5) is 0. The van der Waals surface area contributed by atoms with E-state index in [0.717, 1.165) is 5.56 Å². The Morgan fingerprint density at radius 3 is 2.07 bits per heavy atom. The highest BCUT2D eigenvalue weighted by Crippen LogP contribution is 2.48. The highest BCUT2D eigenvalue weighted by molar-refractivity contribution is 6.69. The summed E-state index contributed by atoms with van der Waals surface area (Å²) in [5.74, 6) is 0.320. The molecule has 0 aliphatic carbocycles. The van der Waals surface area contributed by atoms with Crippen LogP contribution in [0.2, 0.25) is 19.6 Å². The van der Waals surface area contributed by atoms with Gasteiger partial charge in [-0.2, -0.15) is 0 Å². The second-order valence-corrected chi connectivity index (χ2v) is 13.2. The highest BCUT2D eigenvalue weighted by Gasteiger charge is 2.58. The third-order valence-electron chi connectivity index (χ3n) is 4.88. The van der Waals surface area contributed by atoms with Crippen LogP contribution in [0.25, 0.3) is 0 Å². The van der Waals surface area contributed by atoms with Gasteiger partial charge in [-0.1, -0.05) is 74.5 Å². The van der Waals surface area contributed by atoms with Crippen molar-refractivity contribution in [2.24, 2.45) is 5.92 Å². The molecule has 2 aromatic rings. The van der Waals surface area contributed by atoms with Crippen LogP contribution in [0.4, 0.5) is 0 Å². The molecule has 1 saturated heterocycles. The first-order valence-electron chi connectivity index (χ1n) is 9.84. The summed E-state index contributed by atoms with van der Waals surface area (Å²) in [6.45, 7) is 12.3. The van der Waals surface area contributed by atoms with E-state index in [1.54, 1.807) is 0 Å². The van der Waals surface area contributed by atoms with Gasteiger partial charge in [-0.25, -0.2) is 0 Å². The van der Waals surface area contributed by atoms with E-state index in [1.807, 2.05) is 12.1 Å². The summed E-state index contributed by atoms with van der Waals surface area (Å²) in [6, 6.07) is 20.8. The van der Waals surface area contributed by atoms with E-state index in [2.05, 4.69) is 82.0 Å². The van der Waals surface area contributed by atoms with Crippen LogP contribution >= 0.6 is 0 Å². The Balaban J connectivity index is 1.89. The molecule has 146 valence electrons. The zero-order chi connectivity index (χ0) is 19.5. The maximum Gasteiger partial charge on any atom is 0.184 e. The maximum atomic E-state index is 6.83. The highest BCUT2D eigenvalue weighted by atomic mass is 28.4. The predicted octanol–water partition coefficient (Wildman–Crippen LogP) is 5.59. The minimum Gasteiger partial charge on any atom is -0.404 e. The second-order valence-electron chi connectivity index (χ2n) is 8.73. The number of ether oxygens (including phenoxy) is 2. The average Bonchev–Trinajstić information content (AvgIpc) is 2.60. The van der Waals surface area contributed by atoms with E-state index in [0.29, 0.717) is 19.1 Å². The fourth-order valence-electron chi connectivity index (χ4n) is 3.94. The Bertz CT molecular complexity index is 711. The molecule has 0 N–H and O–H groups in total. The van der Waals surface area contributed by atoms with Crippen LogP contribution in [0.5, 0.6) is 0 Å². The van der Waals surface area contributed by atoms with Gasteiger partial charge in [0.05, 0.1) is 19.3 Å². The molecule has 3 rings (SSSR count). The molecule has 0 unspecified atom stereocenters. The molecule has 0 saturated carbocycles. The topological polar surface area (TPSA) is 27.7 Å². The molecule has 27 heavy (non-hydrogen) atoms. The summed E-state index contributed by atoms with van der Waals surface area (Å²) in [6.07, 6.45) is -0.128. The van der Waals surface area contributed by atoms with Gasteiger partial charge in [0.25, 0.3) is 0 Å². The van der Waals surface area contributed by atoms with Crippen molar-refractivity contribution in [1.82, 2.24) is 0 Å². The van der Waals surface area contributed by atoms with Crippen molar-refractivity contribution in [3.63, 3.8) is 0 Å². The fraction of sp³-hybridized carbons (Fsp3) is 0.478. The lowest BCUT2D eigenvalue weighted by Crippen LogP contribution is -2.66. The molecule has 3 nitrogen and oxygen atoms in total. The summed E-state index contributed by atoms with van der Waals surface area (Å²) < 4.78 is 19.4. The first-order valence-corrected chi connectivity index (χ1v) is 13.2. The van der Waals surface area contributed by atoms with E-state index >= 15 is 0 Å². The standard InChI is InChI=1S/C23H32O3Si/c1-18(2)21(24-16-19-12-8-6-9-13-19)23(26-27(3,4)5)17-25-22(23)20-14-10-7-11-15-20/h6-15,18,21-22H,16-17H2,1-5H3/t21-,22-,23+/m0/s1. The van der Waals surface area contributed by atoms with Crippen LogP contribution < -0.4 is 0 Å². The fourth-order valence-corrected chi connectivity index (χ4v) is 5.36. The molecule has 0 radical (unpaired) electrons. The van der Waals surface area contributed by atoms with Crippen LogP contribution in [0.1, 0.15) is 31.1 Å². The molecule has 1 aliphatic rings. The molecule has 0 bridgehead atoms. The van der Waals surface area contributed by atoms with Crippen LogP contribution in [-0.2, 0) is 20.5 Å². The Labute approximate surface area is 164 Å². The Morgan fingerprint density at radius 1 is 1.00 bits per heavy atom. The third kappa shape index (κ3) is 4.69. The first-order chi connectivity index (χ1) is 12.8.